The molecule has 1 aromatic rings. The topological polar surface area (TPSA) is 64.6 Å². The fourth-order valence-corrected chi connectivity index (χ4v) is 1.94. The summed E-state index contributed by atoms with van der Waals surface area (Å²) < 4.78 is 0. The van der Waals surface area contributed by atoms with Gasteiger partial charge in [0.1, 0.15) is 5.75 Å². The van der Waals surface area contributed by atoms with E-state index in [0.29, 0.717) is 12.1 Å². The van der Waals surface area contributed by atoms with E-state index in [4.69, 9.17) is 0 Å². The Morgan fingerprint density at radius 3 is 2.60 bits per heavy atom. The van der Waals surface area contributed by atoms with Crippen molar-refractivity contribution < 1.29 is 9.90 Å². The molecule has 3 N–H and O–H groups in total. The molecule has 0 heterocycles. The van der Waals surface area contributed by atoms with E-state index in [-0.39, 0.29) is 11.7 Å². The van der Waals surface area contributed by atoms with E-state index in [1.54, 1.807) is 18.2 Å². The first-order valence-corrected chi connectivity index (χ1v) is 7.04. The molecule has 0 fully saturated rings. The predicted molar refractivity (Wildman–Crippen MR) is 81.1 cm³/mol. The van der Waals surface area contributed by atoms with Crippen molar-refractivity contribution in [2.24, 2.45) is 0 Å². The Kier molecular flexibility index (Phi) is 7.69. The van der Waals surface area contributed by atoms with Gasteiger partial charge in [-0.1, -0.05) is 6.07 Å². The van der Waals surface area contributed by atoms with Gasteiger partial charge in [-0.05, 0) is 64.8 Å². The van der Waals surface area contributed by atoms with E-state index < -0.39 is 0 Å². The lowest BCUT2D eigenvalue weighted by Gasteiger charge is -2.16. The number of benzene rings is 1. The molecule has 0 aliphatic carbocycles. The van der Waals surface area contributed by atoms with Crippen LogP contribution in [0.1, 0.15) is 23.2 Å². The SMILES string of the molecule is CNCCCN(C)CCCNC(=O)c1cccc(O)c1. The summed E-state index contributed by atoms with van der Waals surface area (Å²) in [4.78, 5) is 14.1. The summed E-state index contributed by atoms with van der Waals surface area (Å²) in [5.74, 6) is -0.0272. The normalized spacial score (nSPS) is 10.8. The van der Waals surface area contributed by atoms with Crippen LogP contribution in [0.3, 0.4) is 0 Å². The summed E-state index contributed by atoms with van der Waals surface area (Å²) in [6.45, 7) is 3.69. The molecule has 0 unspecified atom stereocenters. The molecule has 0 saturated carbocycles. The van der Waals surface area contributed by atoms with E-state index in [1.165, 1.54) is 6.07 Å². The molecule has 0 aliphatic heterocycles. The molecular formula is C15H25N3O2. The molecule has 5 heteroatoms. The van der Waals surface area contributed by atoms with Crippen molar-refractivity contribution in [1.82, 2.24) is 15.5 Å². The van der Waals surface area contributed by atoms with Gasteiger partial charge in [0.05, 0.1) is 0 Å². The molecular weight excluding hydrogens is 254 g/mol. The molecule has 0 saturated heterocycles. The van der Waals surface area contributed by atoms with Crippen molar-refractivity contribution in [3.05, 3.63) is 29.8 Å². The van der Waals surface area contributed by atoms with Crippen molar-refractivity contribution in [1.29, 1.82) is 0 Å². The zero-order valence-electron chi connectivity index (χ0n) is 12.4. The predicted octanol–water partition coefficient (Wildman–Crippen LogP) is 1.05. The zero-order valence-corrected chi connectivity index (χ0v) is 12.4. The van der Waals surface area contributed by atoms with E-state index in [1.807, 2.05) is 7.05 Å². The number of carbonyl (C=O) groups is 1. The van der Waals surface area contributed by atoms with Crippen LogP contribution in [0.2, 0.25) is 0 Å². The number of hydrogen-bond donors (Lipinski definition) is 3. The number of carbonyl (C=O) groups excluding carboxylic acids is 1. The van der Waals surface area contributed by atoms with Crippen LogP contribution >= 0.6 is 0 Å². The standard InChI is InChI=1S/C15H25N3O2/c1-16-8-4-10-18(2)11-5-9-17-15(20)13-6-3-7-14(19)12-13/h3,6-7,12,16,19H,4-5,8-11H2,1-2H3,(H,17,20). The third-order valence-corrected chi connectivity index (χ3v) is 3.08. The Balaban J connectivity index is 2.16. The number of amides is 1. The van der Waals surface area contributed by atoms with Gasteiger partial charge in [0, 0.05) is 12.1 Å². The third-order valence-electron chi connectivity index (χ3n) is 3.08. The summed E-state index contributed by atoms with van der Waals surface area (Å²) in [6.07, 6.45) is 2.04. The minimum Gasteiger partial charge on any atom is -0.508 e. The van der Waals surface area contributed by atoms with Gasteiger partial charge in [-0.3, -0.25) is 4.79 Å². The summed E-state index contributed by atoms with van der Waals surface area (Å²) in [5.41, 5.74) is 0.493. The molecule has 5 nitrogen and oxygen atoms in total. The van der Waals surface area contributed by atoms with Crippen molar-refractivity contribution >= 4 is 5.91 Å². The Morgan fingerprint density at radius 1 is 1.25 bits per heavy atom. The maximum Gasteiger partial charge on any atom is 0.251 e. The number of hydrogen-bond acceptors (Lipinski definition) is 4. The molecule has 1 aromatic carbocycles. The first kappa shape index (κ1) is 16.5. The Labute approximate surface area is 121 Å². The van der Waals surface area contributed by atoms with Gasteiger partial charge in [0.25, 0.3) is 5.91 Å². The maximum absolute atomic E-state index is 11.8. The van der Waals surface area contributed by atoms with Crippen molar-refractivity contribution in [3.63, 3.8) is 0 Å². The summed E-state index contributed by atoms with van der Waals surface area (Å²) in [6, 6.07) is 6.38. The minimum atomic E-state index is -0.140. The number of phenolic OH excluding ortho intramolecular Hbond substituents is 1. The van der Waals surface area contributed by atoms with Crippen molar-refractivity contribution in [2.45, 2.75) is 12.8 Å². The number of aromatic hydroxyl groups is 1. The Hall–Kier alpha value is -1.59. The van der Waals surface area contributed by atoms with Gasteiger partial charge in [0.2, 0.25) is 0 Å². The summed E-state index contributed by atoms with van der Waals surface area (Å²) in [7, 11) is 4.05. The van der Waals surface area contributed by atoms with Crippen LogP contribution in [0.5, 0.6) is 5.75 Å². The number of rotatable bonds is 9. The molecule has 0 aromatic heterocycles. The first-order valence-electron chi connectivity index (χ1n) is 7.04. The van der Waals surface area contributed by atoms with Crippen LogP contribution in [0.4, 0.5) is 0 Å². The third kappa shape index (κ3) is 6.54. The smallest absolute Gasteiger partial charge is 0.251 e. The minimum absolute atomic E-state index is 0.113. The van der Waals surface area contributed by atoms with Crippen LogP contribution in [-0.2, 0) is 0 Å². The lowest BCUT2D eigenvalue weighted by atomic mass is 10.2. The maximum atomic E-state index is 11.8. The molecule has 0 radical (unpaired) electrons. The summed E-state index contributed by atoms with van der Waals surface area (Å²) >= 11 is 0. The van der Waals surface area contributed by atoms with E-state index in [0.717, 1.165) is 32.5 Å². The Bertz CT molecular complexity index is 410. The van der Waals surface area contributed by atoms with Gasteiger partial charge < -0.3 is 20.6 Å². The van der Waals surface area contributed by atoms with Gasteiger partial charge in [-0.25, -0.2) is 0 Å². The lowest BCUT2D eigenvalue weighted by Crippen LogP contribution is -2.29. The number of nitrogens with one attached hydrogen (secondary N) is 2. The largest absolute Gasteiger partial charge is 0.508 e. The second kappa shape index (κ2) is 9.34. The lowest BCUT2D eigenvalue weighted by molar-refractivity contribution is 0.0951. The second-order valence-electron chi connectivity index (χ2n) is 4.92. The average molecular weight is 279 g/mol. The van der Waals surface area contributed by atoms with Crippen LogP contribution in [0.15, 0.2) is 24.3 Å². The van der Waals surface area contributed by atoms with Crippen molar-refractivity contribution in [2.75, 3.05) is 40.3 Å². The number of nitrogens with zero attached hydrogens (tertiary/aromatic N) is 1. The van der Waals surface area contributed by atoms with Crippen molar-refractivity contribution in [3.8, 4) is 5.75 Å². The quantitative estimate of drug-likeness (QED) is 0.591. The van der Waals surface area contributed by atoms with Gasteiger partial charge in [-0.2, -0.15) is 0 Å². The van der Waals surface area contributed by atoms with Crippen LogP contribution in [0, 0.1) is 0 Å². The highest BCUT2D eigenvalue weighted by Crippen LogP contribution is 2.10. The highest BCUT2D eigenvalue weighted by atomic mass is 16.3. The average Bonchev–Trinajstić information content (AvgIpc) is 2.43. The van der Waals surface area contributed by atoms with Gasteiger partial charge in [0.15, 0.2) is 0 Å². The van der Waals surface area contributed by atoms with E-state index >= 15 is 0 Å². The molecule has 0 aliphatic rings. The molecule has 0 atom stereocenters. The highest BCUT2D eigenvalue weighted by Gasteiger charge is 2.05. The van der Waals surface area contributed by atoms with Crippen LogP contribution in [-0.4, -0.2) is 56.2 Å². The molecule has 1 rings (SSSR count). The summed E-state index contributed by atoms with van der Waals surface area (Å²) in [5, 5.41) is 15.3. The highest BCUT2D eigenvalue weighted by molar-refractivity contribution is 5.94. The zero-order chi connectivity index (χ0) is 14.8. The van der Waals surface area contributed by atoms with Gasteiger partial charge in [-0.15, -0.1) is 0 Å². The van der Waals surface area contributed by atoms with Crippen LogP contribution < -0.4 is 10.6 Å². The fourth-order valence-electron chi connectivity index (χ4n) is 1.94. The van der Waals surface area contributed by atoms with Crippen LogP contribution in [0.25, 0.3) is 0 Å². The monoisotopic (exact) mass is 279 g/mol. The molecule has 112 valence electrons. The fraction of sp³-hybridized carbons (Fsp3) is 0.533. The molecule has 0 spiro atoms. The first-order chi connectivity index (χ1) is 9.63. The molecule has 20 heavy (non-hydrogen) atoms. The van der Waals surface area contributed by atoms with Gasteiger partial charge >= 0.3 is 0 Å². The van der Waals surface area contributed by atoms with E-state index in [2.05, 4.69) is 22.6 Å². The Morgan fingerprint density at radius 2 is 1.95 bits per heavy atom. The van der Waals surface area contributed by atoms with E-state index in [9.17, 15) is 9.90 Å². The molecule has 0 bridgehead atoms. The second-order valence-corrected chi connectivity index (χ2v) is 4.92. The molecule has 1 amide bonds. The number of phenols is 1.